The zero-order valence-corrected chi connectivity index (χ0v) is 18.3. The summed E-state index contributed by atoms with van der Waals surface area (Å²) in [5, 5.41) is 0.721. The van der Waals surface area contributed by atoms with Gasteiger partial charge < -0.3 is 19.2 Å². The van der Waals surface area contributed by atoms with Crippen molar-refractivity contribution in [2.45, 2.75) is 31.4 Å². The van der Waals surface area contributed by atoms with Crippen molar-refractivity contribution in [3.8, 4) is 0 Å². The number of halogens is 2. The van der Waals surface area contributed by atoms with Gasteiger partial charge in [0.2, 0.25) is 0 Å². The molecule has 0 saturated carbocycles. The second-order valence-corrected chi connectivity index (χ2v) is 9.29. The van der Waals surface area contributed by atoms with Gasteiger partial charge in [0, 0.05) is 30.7 Å². The van der Waals surface area contributed by atoms with Gasteiger partial charge in [0.05, 0.1) is 23.7 Å². The van der Waals surface area contributed by atoms with Crippen molar-refractivity contribution in [1.29, 1.82) is 0 Å². The number of piperidine rings is 1. The number of fused-ring (bicyclic) bond motifs is 1. The second-order valence-electron chi connectivity index (χ2n) is 8.47. The quantitative estimate of drug-likeness (QED) is 0.507. The molecular formula is C23H25ClFN3OS. The molecule has 2 unspecified atom stereocenters. The molecular weight excluding hydrogens is 421 g/mol. The number of rotatable bonds is 4. The lowest BCUT2D eigenvalue weighted by Gasteiger charge is -2.34. The van der Waals surface area contributed by atoms with Gasteiger partial charge in [0.15, 0.2) is 4.77 Å². The fourth-order valence-corrected chi connectivity index (χ4v) is 5.45. The van der Waals surface area contributed by atoms with Crippen LogP contribution < -0.4 is 0 Å². The van der Waals surface area contributed by atoms with Crippen LogP contribution in [0.5, 0.6) is 0 Å². The maximum absolute atomic E-state index is 13.2. The highest BCUT2D eigenvalue weighted by Gasteiger charge is 2.30. The predicted molar refractivity (Wildman–Crippen MR) is 120 cm³/mol. The first-order valence-corrected chi connectivity index (χ1v) is 11.3. The summed E-state index contributed by atoms with van der Waals surface area (Å²) in [6.07, 6.45) is 3.25. The summed E-state index contributed by atoms with van der Waals surface area (Å²) in [7, 11) is 0. The van der Waals surface area contributed by atoms with E-state index in [2.05, 4.69) is 20.5 Å². The van der Waals surface area contributed by atoms with Gasteiger partial charge in [-0.15, -0.1) is 0 Å². The summed E-state index contributed by atoms with van der Waals surface area (Å²) in [4.78, 5) is 5.85. The van der Waals surface area contributed by atoms with E-state index < -0.39 is 0 Å². The number of H-pyrrole nitrogens is 1. The van der Waals surface area contributed by atoms with Crippen LogP contribution in [0.2, 0.25) is 5.02 Å². The first-order chi connectivity index (χ1) is 14.6. The van der Waals surface area contributed by atoms with Gasteiger partial charge in [-0.25, -0.2) is 4.39 Å². The first kappa shape index (κ1) is 20.2. The van der Waals surface area contributed by atoms with Gasteiger partial charge in [-0.3, -0.25) is 0 Å². The molecule has 0 aliphatic carbocycles. The van der Waals surface area contributed by atoms with Crippen molar-refractivity contribution in [3.05, 3.63) is 63.6 Å². The minimum Gasteiger partial charge on any atom is -0.373 e. The Bertz CT molecular complexity index is 1090. The lowest BCUT2D eigenvalue weighted by Crippen LogP contribution is -2.38. The summed E-state index contributed by atoms with van der Waals surface area (Å²) < 4.78 is 22.2. The van der Waals surface area contributed by atoms with Crippen molar-refractivity contribution in [2.24, 2.45) is 5.92 Å². The number of nitrogens with zero attached hydrogens (tertiary/aromatic N) is 2. The van der Waals surface area contributed by atoms with Crippen molar-refractivity contribution in [2.75, 3.05) is 26.2 Å². The van der Waals surface area contributed by atoms with Crippen LogP contribution >= 0.6 is 23.8 Å². The molecule has 1 N–H and O–H groups in total. The molecule has 3 aromatic rings. The average Bonchev–Trinajstić information content (AvgIpc) is 3.32. The zero-order valence-electron chi connectivity index (χ0n) is 16.7. The molecule has 2 atom stereocenters. The number of nitrogens with one attached hydrogen (secondary N) is 1. The van der Waals surface area contributed by atoms with Crippen LogP contribution in [0.3, 0.4) is 0 Å². The number of likely N-dealkylation sites (tertiary alicyclic amines) is 1. The minimum atomic E-state index is -0.199. The number of aromatic nitrogens is 2. The van der Waals surface area contributed by atoms with Crippen LogP contribution in [-0.2, 0) is 4.74 Å². The summed E-state index contributed by atoms with van der Waals surface area (Å²) in [6.45, 7) is 3.95. The molecule has 2 aliphatic heterocycles. The molecule has 1 aromatic heterocycles. The first-order valence-electron chi connectivity index (χ1n) is 10.6. The van der Waals surface area contributed by atoms with Crippen molar-refractivity contribution < 1.29 is 9.13 Å². The molecule has 4 nitrogen and oxygen atoms in total. The predicted octanol–water partition coefficient (Wildman–Crippen LogP) is 5.91. The van der Waals surface area contributed by atoms with E-state index in [0.717, 1.165) is 71.9 Å². The van der Waals surface area contributed by atoms with Crippen LogP contribution in [-0.4, -0.2) is 40.7 Å². The Labute approximate surface area is 185 Å². The molecule has 5 rings (SSSR count). The molecule has 0 bridgehead atoms. The van der Waals surface area contributed by atoms with Gasteiger partial charge in [-0.2, -0.15) is 0 Å². The molecule has 30 heavy (non-hydrogen) atoms. The smallest absolute Gasteiger partial charge is 0.178 e. The monoisotopic (exact) mass is 445 g/mol. The SMILES string of the molecule is Fc1ccc(C2CC(CN3CCC(n4c(=S)[nH]c5cc(Cl)ccc54)CC3)CO2)cc1. The number of aromatic amines is 1. The Kier molecular flexibility index (Phi) is 5.67. The minimum absolute atomic E-state index is 0.0875. The fraction of sp³-hybridized carbons (Fsp3) is 0.435. The highest BCUT2D eigenvalue weighted by molar-refractivity contribution is 7.71. The maximum atomic E-state index is 13.2. The standard InChI is InChI=1S/C23H25ClFN3OS/c24-17-3-6-21-20(12-17)26-23(30)28(21)19-7-9-27(10-8-19)13-15-11-22(29-14-15)16-1-4-18(25)5-2-16/h1-6,12,15,19,22H,7-11,13-14H2,(H,26,30). The number of hydrogen-bond donors (Lipinski definition) is 1. The molecule has 7 heteroatoms. The van der Waals surface area contributed by atoms with Gasteiger partial charge in [0.25, 0.3) is 0 Å². The van der Waals surface area contributed by atoms with Crippen molar-refractivity contribution >= 4 is 34.9 Å². The average molecular weight is 446 g/mol. The molecule has 0 spiro atoms. The fourth-order valence-electron chi connectivity index (χ4n) is 4.92. The van der Waals surface area contributed by atoms with Crippen LogP contribution in [0.25, 0.3) is 11.0 Å². The van der Waals surface area contributed by atoms with Gasteiger partial charge in [0.1, 0.15) is 5.82 Å². The molecule has 2 aliphatic rings. The van der Waals surface area contributed by atoms with E-state index in [1.807, 2.05) is 24.3 Å². The number of hydrogen-bond acceptors (Lipinski definition) is 3. The summed E-state index contributed by atoms with van der Waals surface area (Å²) in [5.74, 6) is 0.323. The molecule has 3 heterocycles. The van der Waals surface area contributed by atoms with Gasteiger partial charge >= 0.3 is 0 Å². The van der Waals surface area contributed by atoms with Crippen LogP contribution in [0, 0.1) is 16.5 Å². The second kappa shape index (κ2) is 8.42. The summed E-state index contributed by atoms with van der Waals surface area (Å²) in [5.41, 5.74) is 3.21. The molecule has 2 aromatic carbocycles. The molecule has 0 amide bonds. The molecule has 158 valence electrons. The Morgan fingerprint density at radius 1 is 1.13 bits per heavy atom. The van der Waals surface area contributed by atoms with Crippen molar-refractivity contribution in [1.82, 2.24) is 14.5 Å². The topological polar surface area (TPSA) is 33.2 Å². The Morgan fingerprint density at radius 2 is 1.90 bits per heavy atom. The third-order valence-corrected chi connectivity index (χ3v) is 6.97. The number of ether oxygens (including phenoxy) is 1. The largest absolute Gasteiger partial charge is 0.373 e. The van der Waals surface area contributed by atoms with E-state index in [1.54, 1.807) is 0 Å². The zero-order chi connectivity index (χ0) is 20.7. The number of benzene rings is 2. The third-order valence-electron chi connectivity index (χ3n) is 6.44. The van der Waals surface area contributed by atoms with Crippen LogP contribution in [0.15, 0.2) is 42.5 Å². The highest BCUT2D eigenvalue weighted by Crippen LogP contribution is 2.34. The Hall–Kier alpha value is -1.73. The van der Waals surface area contributed by atoms with E-state index in [0.29, 0.717) is 12.0 Å². The van der Waals surface area contributed by atoms with E-state index >= 15 is 0 Å². The molecule has 0 radical (unpaired) electrons. The normalized spacial score (nSPS) is 23.4. The van der Waals surface area contributed by atoms with Gasteiger partial charge in [-0.05, 0) is 73.3 Å². The maximum Gasteiger partial charge on any atom is 0.178 e. The van der Waals surface area contributed by atoms with Crippen LogP contribution in [0.4, 0.5) is 4.39 Å². The highest BCUT2D eigenvalue weighted by atomic mass is 35.5. The Morgan fingerprint density at radius 3 is 2.67 bits per heavy atom. The lowest BCUT2D eigenvalue weighted by molar-refractivity contribution is 0.100. The Balaban J connectivity index is 1.19. The van der Waals surface area contributed by atoms with E-state index in [1.165, 1.54) is 12.1 Å². The van der Waals surface area contributed by atoms with Crippen LogP contribution in [0.1, 0.15) is 37.0 Å². The lowest BCUT2D eigenvalue weighted by atomic mass is 9.98. The molecule has 2 fully saturated rings. The van der Waals surface area contributed by atoms with E-state index in [-0.39, 0.29) is 11.9 Å². The van der Waals surface area contributed by atoms with Gasteiger partial charge in [-0.1, -0.05) is 23.7 Å². The summed E-state index contributed by atoms with van der Waals surface area (Å²) in [6, 6.07) is 13.0. The van der Waals surface area contributed by atoms with E-state index in [9.17, 15) is 4.39 Å². The van der Waals surface area contributed by atoms with Crippen molar-refractivity contribution in [3.63, 3.8) is 0 Å². The van der Waals surface area contributed by atoms with E-state index in [4.69, 9.17) is 28.6 Å². The summed E-state index contributed by atoms with van der Waals surface area (Å²) >= 11 is 11.7. The molecule has 2 saturated heterocycles. The number of imidazole rings is 1. The third kappa shape index (κ3) is 4.06.